The van der Waals surface area contributed by atoms with Crippen molar-refractivity contribution in [2.75, 3.05) is 26.7 Å². The van der Waals surface area contributed by atoms with Gasteiger partial charge in [0.05, 0.1) is 12.2 Å². The van der Waals surface area contributed by atoms with Crippen molar-refractivity contribution in [3.63, 3.8) is 0 Å². The molecule has 4 atom stereocenters. The summed E-state index contributed by atoms with van der Waals surface area (Å²) in [6.07, 6.45) is 7.52. The van der Waals surface area contributed by atoms with Gasteiger partial charge in [0, 0.05) is 20.2 Å². The standard InChI is InChI=1S/C15H29NO2/c1-12-8-9-16(11-15(12)18-2)10-13-6-4-3-5-7-14(13)17/h12-15,17H,3-11H2,1-2H3. The molecule has 2 rings (SSSR count). The molecule has 0 spiro atoms. The van der Waals surface area contributed by atoms with E-state index in [4.69, 9.17) is 4.74 Å². The molecular weight excluding hydrogens is 226 g/mol. The molecule has 0 amide bonds. The van der Waals surface area contributed by atoms with Gasteiger partial charge in [-0.1, -0.05) is 26.2 Å². The van der Waals surface area contributed by atoms with Gasteiger partial charge in [-0.05, 0) is 37.6 Å². The number of hydrogen-bond donors (Lipinski definition) is 1. The fraction of sp³-hybridized carbons (Fsp3) is 1.00. The number of piperidine rings is 1. The summed E-state index contributed by atoms with van der Waals surface area (Å²) in [5.74, 6) is 1.16. The summed E-state index contributed by atoms with van der Waals surface area (Å²) in [7, 11) is 1.82. The van der Waals surface area contributed by atoms with Gasteiger partial charge < -0.3 is 14.7 Å². The Kier molecular flexibility index (Phi) is 5.46. The van der Waals surface area contributed by atoms with Crippen molar-refractivity contribution in [3.05, 3.63) is 0 Å². The lowest BCUT2D eigenvalue weighted by Gasteiger charge is -2.38. The summed E-state index contributed by atoms with van der Waals surface area (Å²) in [6, 6.07) is 0. The van der Waals surface area contributed by atoms with E-state index in [2.05, 4.69) is 11.8 Å². The van der Waals surface area contributed by atoms with Crippen molar-refractivity contribution in [2.24, 2.45) is 11.8 Å². The van der Waals surface area contributed by atoms with Gasteiger partial charge in [-0.15, -0.1) is 0 Å². The maximum absolute atomic E-state index is 10.2. The number of ether oxygens (including phenoxy) is 1. The van der Waals surface area contributed by atoms with Gasteiger partial charge in [0.15, 0.2) is 0 Å². The number of nitrogens with zero attached hydrogens (tertiary/aromatic N) is 1. The second kappa shape index (κ2) is 6.88. The SMILES string of the molecule is COC1CN(CC2CCCCCC2O)CCC1C. The molecule has 1 heterocycles. The number of rotatable bonds is 3. The van der Waals surface area contributed by atoms with E-state index in [1.165, 1.54) is 38.6 Å². The molecule has 1 aliphatic carbocycles. The van der Waals surface area contributed by atoms with Crippen LogP contribution >= 0.6 is 0 Å². The minimum absolute atomic E-state index is 0.0761. The van der Waals surface area contributed by atoms with Crippen molar-refractivity contribution in [1.29, 1.82) is 0 Å². The number of aliphatic hydroxyl groups is 1. The molecule has 106 valence electrons. The van der Waals surface area contributed by atoms with Crippen LogP contribution in [0.2, 0.25) is 0 Å². The zero-order valence-electron chi connectivity index (χ0n) is 12.0. The van der Waals surface area contributed by atoms with Crippen LogP contribution in [0.4, 0.5) is 0 Å². The first-order valence-corrected chi connectivity index (χ1v) is 7.64. The lowest BCUT2D eigenvalue weighted by Crippen LogP contribution is -2.46. The van der Waals surface area contributed by atoms with E-state index in [1.807, 2.05) is 7.11 Å². The molecule has 0 aromatic carbocycles. The van der Waals surface area contributed by atoms with Gasteiger partial charge >= 0.3 is 0 Å². The Morgan fingerprint density at radius 3 is 2.72 bits per heavy atom. The van der Waals surface area contributed by atoms with Gasteiger partial charge in [-0.3, -0.25) is 0 Å². The summed E-state index contributed by atoms with van der Waals surface area (Å²) in [6.45, 7) is 5.56. The predicted octanol–water partition coefficient (Wildman–Crippen LogP) is 2.28. The van der Waals surface area contributed by atoms with Crippen LogP contribution in [0.25, 0.3) is 0 Å². The smallest absolute Gasteiger partial charge is 0.0724 e. The van der Waals surface area contributed by atoms with E-state index in [1.54, 1.807) is 0 Å². The molecule has 18 heavy (non-hydrogen) atoms. The number of aliphatic hydroxyl groups excluding tert-OH is 1. The minimum atomic E-state index is -0.0761. The molecule has 1 saturated carbocycles. The zero-order valence-corrected chi connectivity index (χ0v) is 12.0. The lowest BCUT2D eigenvalue weighted by atomic mass is 9.92. The Labute approximate surface area is 112 Å². The largest absolute Gasteiger partial charge is 0.393 e. The van der Waals surface area contributed by atoms with Crippen LogP contribution in [-0.4, -0.2) is 49.0 Å². The van der Waals surface area contributed by atoms with Crippen molar-refractivity contribution in [1.82, 2.24) is 4.90 Å². The van der Waals surface area contributed by atoms with E-state index in [0.717, 1.165) is 19.5 Å². The van der Waals surface area contributed by atoms with Gasteiger partial charge in [-0.2, -0.15) is 0 Å². The Morgan fingerprint density at radius 1 is 1.17 bits per heavy atom. The first kappa shape index (κ1) is 14.3. The molecule has 3 heteroatoms. The highest BCUT2D eigenvalue weighted by Gasteiger charge is 2.29. The fourth-order valence-electron chi connectivity index (χ4n) is 3.48. The van der Waals surface area contributed by atoms with E-state index < -0.39 is 0 Å². The van der Waals surface area contributed by atoms with Crippen LogP contribution in [0.5, 0.6) is 0 Å². The summed E-state index contributed by atoms with van der Waals surface area (Å²) in [4.78, 5) is 2.51. The zero-order chi connectivity index (χ0) is 13.0. The van der Waals surface area contributed by atoms with Crippen LogP contribution < -0.4 is 0 Å². The van der Waals surface area contributed by atoms with Crippen LogP contribution in [-0.2, 0) is 4.74 Å². The van der Waals surface area contributed by atoms with Crippen molar-refractivity contribution >= 4 is 0 Å². The lowest BCUT2D eigenvalue weighted by molar-refractivity contribution is -0.0189. The second-order valence-corrected chi connectivity index (χ2v) is 6.27. The van der Waals surface area contributed by atoms with Crippen LogP contribution in [0.15, 0.2) is 0 Å². The molecule has 4 unspecified atom stereocenters. The van der Waals surface area contributed by atoms with E-state index in [9.17, 15) is 5.11 Å². The van der Waals surface area contributed by atoms with Crippen molar-refractivity contribution in [2.45, 2.75) is 57.7 Å². The maximum atomic E-state index is 10.2. The first-order chi connectivity index (χ1) is 8.70. The third kappa shape index (κ3) is 3.69. The van der Waals surface area contributed by atoms with E-state index >= 15 is 0 Å². The topological polar surface area (TPSA) is 32.7 Å². The predicted molar refractivity (Wildman–Crippen MR) is 73.6 cm³/mol. The summed E-state index contributed by atoms with van der Waals surface area (Å²) < 4.78 is 5.57. The van der Waals surface area contributed by atoms with Gasteiger partial charge in [0.2, 0.25) is 0 Å². The van der Waals surface area contributed by atoms with E-state index in [0.29, 0.717) is 17.9 Å². The highest BCUT2D eigenvalue weighted by atomic mass is 16.5. The molecule has 1 N–H and O–H groups in total. The number of methoxy groups -OCH3 is 1. The Bertz CT molecular complexity index is 247. The van der Waals surface area contributed by atoms with Crippen LogP contribution in [0.3, 0.4) is 0 Å². The summed E-state index contributed by atoms with van der Waals surface area (Å²) in [5.41, 5.74) is 0. The quantitative estimate of drug-likeness (QED) is 0.785. The van der Waals surface area contributed by atoms with E-state index in [-0.39, 0.29) is 6.10 Å². The van der Waals surface area contributed by atoms with Crippen LogP contribution in [0.1, 0.15) is 45.4 Å². The monoisotopic (exact) mass is 255 g/mol. The van der Waals surface area contributed by atoms with Crippen molar-refractivity contribution < 1.29 is 9.84 Å². The average molecular weight is 255 g/mol. The molecule has 0 bridgehead atoms. The fourth-order valence-corrected chi connectivity index (χ4v) is 3.48. The Morgan fingerprint density at radius 2 is 1.94 bits per heavy atom. The van der Waals surface area contributed by atoms with Crippen molar-refractivity contribution in [3.8, 4) is 0 Å². The molecule has 3 nitrogen and oxygen atoms in total. The normalized spacial score (nSPS) is 39.5. The summed E-state index contributed by atoms with van der Waals surface area (Å²) in [5, 5.41) is 10.2. The third-order valence-electron chi connectivity index (χ3n) is 4.89. The average Bonchev–Trinajstić information content (AvgIpc) is 2.57. The third-order valence-corrected chi connectivity index (χ3v) is 4.89. The minimum Gasteiger partial charge on any atom is -0.393 e. The maximum Gasteiger partial charge on any atom is 0.0724 e. The molecule has 0 radical (unpaired) electrons. The van der Waals surface area contributed by atoms with Gasteiger partial charge in [-0.25, -0.2) is 0 Å². The number of hydrogen-bond acceptors (Lipinski definition) is 3. The number of likely N-dealkylation sites (tertiary alicyclic amines) is 1. The van der Waals surface area contributed by atoms with Crippen LogP contribution in [0, 0.1) is 11.8 Å². The van der Waals surface area contributed by atoms with Gasteiger partial charge in [0.25, 0.3) is 0 Å². The molecule has 2 fully saturated rings. The van der Waals surface area contributed by atoms with Gasteiger partial charge in [0.1, 0.15) is 0 Å². The molecular formula is C15H29NO2. The Balaban J connectivity index is 1.84. The molecule has 1 aliphatic heterocycles. The second-order valence-electron chi connectivity index (χ2n) is 6.27. The molecule has 1 saturated heterocycles. The highest BCUT2D eigenvalue weighted by molar-refractivity contribution is 4.82. The first-order valence-electron chi connectivity index (χ1n) is 7.64. The highest BCUT2D eigenvalue weighted by Crippen LogP contribution is 2.26. The molecule has 0 aromatic heterocycles. The summed E-state index contributed by atoms with van der Waals surface area (Å²) >= 11 is 0. The molecule has 2 aliphatic rings. The molecule has 0 aromatic rings. The Hall–Kier alpha value is -0.120.